The first-order valence-electron chi connectivity index (χ1n) is 8.77. The highest BCUT2D eigenvalue weighted by Gasteiger charge is 2.38. The van der Waals surface area contributed by atoms with Crippen molar-refractivity contribution < 1.29 is 33.3 Å². The van der Waals surface area contributed by atoms with Gasteiger partial charge in [-0.05, 0) is 23.8 Å². The summed E-state index contributed by atoms with van der Waals surface area (Å²) in [4.78, 5) is 22.6. The second-order valence-corrected chi connectivity index (χ2v) is 6.33. The molecule has 0 saturated heterocycles. The first kappa shape index (κ1) is 19.5. The van der Waals surface area contributed by atoms with Crippen LogP contribution >= 0.6 is 0 Å². The SMILES string of the molecule is COc1cc([C@@H]2Oc3c(OC)cccc3[C@H]2COC(C)=O)ccc1OC(C)=O. The standard InChI is InChI=1S/C21H22O7/c1-12(22)26-11-16-15-6-5-7-18(24-3)21(15)28-20(16)14-8-9-17(27-13(2)23)19(10-14)25-4/h5-10,16,20H,11H2,1-4H3/t16-,20+/m1/s1. The number of para-hydroxylation sites is 1. The van der Waals surface area contributed by atoms with Crippen LogP contribution in [0.15, 0.2) is 36.4 Å². The Kier molecular flexibility index (Phi) is 5.73. The number of benzene rings is 2. The Bertz CT molecular complexity index is 890. The molecule has 1 aliphatic rings. The number of hydrogen-bond acceptors (Lipinski definition) is 7. The summed E-state index contributed by atoms with van der Waals surface area (Å²) >= 11 is 0. The predicted octanol–water partition coefficient (Wildman–Crippen LogP) is 3.41. The van der Waals surface area contributed by atoms with Gasteiger partial charge < -0.3 is 23.7 Å². The van der Waals surface area contributed by atoms with Gasteiger partial charge in [-0.2, -0.15) is 0 Å². The van der Waals surface area contributed by atoms with E-state index in [-0.39, 0.29) is 18.5 Å². The molecule has 7 nitrogen and oxygen atoms in total. The molecule has 0 bridgehead atoms. The average Bonchev–Trinajstić information content (AvgIpc) is 3.04. The van der Waals surface area contributed by atoms with Crippen LogP contribution in [0.25, 0.3) is 0 Å². The van der Waals surface area contributed by atoms with Crippen molar-refractivity contribution in [2.75, 3.05) is 20.8 Å². The first-order valence-corrected chi connectivity index (χ1v) is 8.77. The zero-order valence-electron chi connectivity index (χ0n) is 16.2. The molecule has 0 aromatic heterocycles. The van der Waals surface area contributed by atoms with Crippen LogP contribution in [0.1, 0.15) is 37.0 Å². The van der Waals surface area contributed by atoms with Crippen LogP contribution in [0, 0.1) is 0 Å². The Balaban J connectivity index is 1.99. The monoisotopic (exact) mass is 386 g/mol. The van der Waals surface area contributed by atoms with Crippen LogP contribution in [-0.4, -0.2) is 32.8 Å². The van der Waals surface area contributed by atoms with Crippen LogP contribution in [0.5, 0.6) is 23.0 Å². The fourth-order valence-electron chi connectivity index (χ4n) is 3.27. The third-order valence-corrected chi connectivity index (χ3v) is 4.48. The maximum atomic E-state index is 11.4. The molecule has 2 aromatic rings. The van der Waals surface area contributed by atoms with Gasteiger partial charge in [0.15, 0.2) is 23.0 Å². The highest BCUT2D eigenvalue weighted by molar-refractivity contribution is 5.70. The second-order valence-electron chi connectivity index (χ2n) is 6.33. The van der Waals surface area contributed by atoms with Crippen molar-refractivity contribution in [3.05, 3.63) is 47.5 Å². The van der Waals surface area contributed by atoms with Crippen LogP contribution < -0.4 is 18.9 Å². The van der Waals surface area contributed by atoms with E-state index in [1.165, 1.54) is 21.0 Å². The third-order valence-electron chi connectivity index (χ3n) is 4.48. The quantitative estimate of drug-likeness (QED) is 0.556. The molecule has 2 atom stereocenters. The molecule has 2 aromatic carbocycles. The van der Waals surface area contributed by atoms with Gasteiger partial charge in [0.2, 0.25) is 0 Å². The van der Waals surface area contributed by atoms with E-state index in [1.807, 2.05) is 18.2 Å². The Morgan fingerprint density at radius 1 is 0.964 bits per heavy atom. The lowest BCUT2D eigenvalue weighted by molar-refractivity contribution is -0.142. The van der Waals surface area contributed by atoms with Crippen molar-refractivity contribution in [1.29, 1.82) is 0 Å². The third kappa shape index (κ3) is 3.88. The lowest BCUT2D eigenvalue weighted by Gasteiger charge is -2.20. The Hall–Kier alpha value is -3.22. The summed E-state index contributed by atoms with van der Waals surface area (Å²) in [5, 5.41) is 0. The summed E-state index contributed by atoms with van der Waals surface area (Å²) in [6.45, 7) is 2.86. The molecule has 7 heteroatoms. The van der Waals surface area contributed by atoms with E-state index < -0.39 is 12.1 Å². The van der Waals surface area contributed by atoms with Gasteiger partial charge in [-0.3, -0.25) is 9.59 Å². The van der Waals surface area contributed by atoms with E-state index in [1.54, 1.807) is 25.3 Å². The van der Waals surface area contributed by atoms with E-state index in [0.29, 0.717) is 23.0 Å². The van der Waals surface area contributed by atoms with Gasteiger partial charge in [0.25, 0.3) is 0 Å². The zero-order chi connectivity index (χ0) is 20.3. The number of fused-ring (bicyclic) bond motifs is 1. The van der Waals surface area contributed by atoms with Gasteiger partial charge in [-0.15, -0.1) is 0 Å². The van der Waals surface area contributed by atoms with Gasteiger partial charge in [0.05, 0.1) is 20.1 Å². The van der Waals surface area contributed by atoms with Gasteiger partial charge in [-0.25, -0.2) is 0 Å². The van der Waals surface area contributed by atoms with Crippen LogP contribution in [0.3, 0.4) is 0 Å². The number of methoxy groups -OCH3 is 2. The minimum absolute atomic E-state index is 0.161. The molecule has 148 valence electrons. The smallest absolute Gasteiger partial charge is 0.308 e. The highest BCUT2D eigenvalue weighted by Crippen LogP contribution is 2.51. The van der Waals surface area contributed by atoms with Crippen molar-refractivity contribution in [2.24, 2.45) is 0 Å². The molecule has 0 unspecified atom stereocenters. The summed E-state index contributed by atoms with van der Waals surface area (Å²) in [7, 11) is 3.07. The molecule has 0 saturated carbocycles. The minimum atomic E-state index is -0.437. The van der Waals surface area contributed by atoms with E-state index in [9.17, 15) is 9.59 Å². The zero-order valence-corrected chi connectivity index (χ0v) is 16.2. The molecule has 0 radical (unpaired) electrons. The number of esters is 2. The molecule has 0 amide bonds. The lowest BCUT2D eigenvalue weighted by Crippen LogP contribution is -2.17. The first-order chi connectivity index (χ1) is 13.4. The van der Waals surface area contributed by atoms with Crippen molar-refractivity contribution in [3.8, 4) is 23.0 Å². The highest BCUT2D eigenvalue weighted by atomic mass is 16.6. The predicted molar refractivity (Wildman–Crippen MR) is 100 cm³/mol. The maximum Gasteiger partial charge on any atom is 0.308 e. The Morgan fingerprint density at radius 3 is 2.36 bits per heavy atom. The van der Waals surface area contributed by atoms with E-state index >= 15 is 0 Å². The largest absolute Gasteiger partial charge is 0.493 e. The molecule has 0 N–H and O–H groups in total. The Morgan fingerprint density at radius 2 is 1.71 bits per heavy atom. The molecular formula is C21H22O7. The number of carbonyl (C=O) groups excluding carboxylic acids is 2. The normalized spacial score (nSPS) is 17.3. The molecular weight excluding hydrogens is 364 g/mol. The molecule has 0 fully saturated rings. The molecule has 0 spiro atoms. The van der Waals surface area contributed by atoms with E-state index in [0.717, 1.165) is 11.1 Å². The summed E-state index contributed by atoms with van der Waals surface area (Å²) in [5.74, 6) is 0.935. The van der Waals surface area contributed by atoms with Crippen LogP contribution in [0.2, 0.25) is 0 Å². The minimum Gasteiger partial charge on any atom is -0.493 e. The number of rotatable bonds is 6. The van der Waals surface area contributed by atoms with Crippen molar-refractivity contribution >= 4 is 11.9 Å². The fourth-order valence-corrected chi connectivity index (χ4v) is 3.27. The summed E-state index contributed by atoms with van der Waals surface area (Å²) in [6.07, 6.45) is -0.425. The van der Waals surface area contributed by atoms with Crippen LogP contribution in [0.4, 0.5) is 0 Å². The summed E-state index contributed by atoms with van der Waals surface area (Å²) < 4.78 is 27.4. The molecule has 28 heavy (non-hydrogen) atoms. The Labute approximate surface area is 163 Å². The topological polar surface area (TPSA) is 80.3 Å². The van der Waals surface area contributed by atoms with E-state index in [4.69, 9.17) is 23.7 Å². The van der Waals surface area contributed by atoms with Gasteiger partial charge in [0, 0.05) is 19.4 Å². The summed E-state index contributed by atoms with van der Waals surface area (Å²) in [5.41, 5.74) is 1.69. The number of ether oxygens (including phenoxy) is 5. The number of carbonyl (C=O) groups is 2. The molecule has 1 heterocycles. The van der Waals surface area contributed by atoms with Gasteiger partial charge >= 0.3 is 11.9 Å². The van der Waals surface area contributed by atoms with Crippen LogP contribution in [-0.2, 0) is 14.3 Å². The maximum absolute atomic E-state index is 11.4. The fraction of sp³-hybridized carbons (Fsp3) is 0.333. The van der Waals surface area contributed by atoms with Crippen molar-refractivity contribution in [3.63, 3.8) is 0 Å². The lowest BCUT2D eigenvalue weighted by atomic mass is 9.91. The second kappa shape index (κ2) is 8.21. The molecule has 3 rings (SSSR count). The summed E-state index contributed by atoms with van der Waals surface area (Å²) in [6, 6.07) is 10.8. The van der Waals surface area contributed by atoms with Gasteiger partial charge in [0.1, 0.15) is 12.7 Å². The molecule has 1 aliphatic heterocycles. The van der Waals surface area contributed by atoms with Crippen molar-refractivity contribution in [2.45, 2.75) is 25.9 Å². The molecule has 0 aliphatic carbocycles. The average molecular weight is 386 g/mol. The van der Waals surface area contributed by atoms with E-state index in [2.05, 4.69) is 0 Å². The van der Waals surface area contributed by atoms with Gasteiger partial charge in [-0.1, -0.05) is 18.2 Å². The number of hydrogen-bond donors (Lipinski definition) is 0. The van der Waals surface area contributed by atoms with Crippen molar-refractivity contribution in [1.82, 2.24) is 0 Å².